The lowest BCUT2D eigenvalue weighted by Gasteiger charge is -2.24. The zero-order valence-electron chi connectivity index (χ0n) is 9.83. The van der Waals surface area contributed by atoms with Crippen LogP contribution in [0.3, 0.4) is 0 Å². The topological polar surface area (TPSA) is 33.3 Å². The van der Waals surface area contributed by atoms with E-state index in [1.165, 1.54) is 19.3 Å². The molecule has 1 aromatic rings. The Morgan fingerprint density at radius 2 is 2.25 bits per heavy atom. The van der Waals surface area contributed by atoms with Gasteiger partial charge in [0.15, 0.2) is 0 Å². The van der Waals surface area contributed by atoms with Crippen LogP contribution in [0.1, 0.15) is 19.3 Å². The van der Waals surface area contributed by atoms with Gasteiger partial charge >= 0.3 is 0 Å². The van der Waals surface area contributed by atoms with E-state index in [0.29, 0.717) is 6.04 Å². The highest BCUT2D eigenvalue weighted by molar-refractivity contribution is 5.56. The van der Waals surface area contributed by atoms with Gasteiger partial charge in [-0.3, -0.25) is 0 Å². The first kappa shape index (κ1) is 11.3. The molecule has 2 rings (SSSR count). The first-order chi connectivity index (χ1) is 7.90. The molecular weight excluding hydrogens is 200 g/mol. The van der Waals surface area contributed by atoms with Crippen LogP contribution in [0.25, 0.3) is 0 Å². The minimum Gasteiger partial charge on any atom is -0.495 e. The highest BCUT2D eigenvalue weighted by Crippen LogP contribution is 2.23. The van der Waals surface area contributed by atoms with Crippen molar-refractivity contribution in [2.24, 2.45) is 0 Å². The van der Waals surface area contributed by atoms with Crippen LogP contribution in [0.5, 0.6) is 5.75 Å². The second-order valence-electron chi connectivity index (χ2n) is 4.23. The van der Waals surface area contributed by atoms with E-state index in [4.69, 9.17) is 4.74 Å². The molecule has 0 aromatic heterocycles. The number of hydrogen-bond donors (Lipinski definition) is 2. The molecule has 0 aliphatic carbocycles. The molecule has 1 saturated heterocycles. The Labute approximate surface area is 97.2 Å². The predicted octanol–water partition coefficient (Wildman–Crippen LogP) is 2.25. The predicted molar refractivity (Wildman–Crippen MR) is 67.1 cm³/mol. The SMILES string of the molecule is COc1ccccc1NCC1CCCCN1. The van der Waals surface area contributed by atoms with Crippen molar-refractivity contribution < 1.29 is 4.74 Å². The van der Waals surface area contributed by atoms with Crippen LogP contribution < -0.4 is 15.4 Å². The van der Waals surface area contributed by atoms with Crippen molar-refractivity contribution in [1.82, 2.24) is 5.32 Å². The molecule has 3 heteroatoms. The Kier molecular flexibility index (Phi) is 4.05. The van der Waals surface area contributed by atoms with Gasteiger partial charge in [-0.1, -0.05) is 18.6 Å². The third-order valence-corrected chi connectivity index (χ3v) is 3.06. The number of benzene rings is 1. The van der Waals surface area contributed by atoms with E-state index in [1.807, 2.05) is 18.2 Å². The number of piperidine rings is 1. The van der Waals surface area contributed by atoms with Crippen LogP contribution in [0, 0.1) is 0 Å². The van der Waals surface area contributed by atoms with Crippen molar-refractivity contribution in [3.8, 4) is 5.75 Å². The molecule has 2 N–H and O–H groups in total. The fourth-order valence-corrected chi connectivity index (χ4v) is 2.12. The van der Waals surface area contributed by atoms with Crippen molar-refractivity contribution >= 4 is 5.69 Å². The summed E-state index contributed by atoms with van der Waals surface area (Å²) >= 11 is 0. The second-order valence-corrected chi connectivity index (χ2v) is 4.23. The van der Waals surface area contributed by atoms with Gasteiger partial charge in [0.1, 0.15) is 5.75 Å². The highest BCUT2D eigenvalue weighted by Gasteiger charge is 2.12. The van der Waals surface area contributed by atoms with E-state index < -0.39 is 0 Å². The number of hydrogen-bond acceptors (Lipinski definition) is 3. The molecule has 1 unspecified atom stereocenters. The first-order valence-corrected chi connectivity index (χ1v) is 6.00. The van der Waals surface area contributed by atoms with Gasteiger partial charge in [-0.25, -0.2) is 0 Å². The summed E-state index contributed by atoms with van der Waals surface area (Å²) in [7, 11) is 1.71. The number of rotatable bonds is 4. The summed E-state index contributed by atoms with van der Waals surface area (Å²) in [5, 5.41) is 6.97. The molecule has 0 saturated carbocycles. The molecule has 16 heavy (non-hydrogen) atoms. The summed E-state index contributed by atoms with van der Waals surface area (Å²) in [5.74, 6) is 0.915. The summed E-state index contributed by atoms with van der Waals surface area (Å²) in [4.78, 5) is 0. The first-order valence-electron chi connectivity index (χ1n) is 6.00. The molecule has 3 nitrogen and oxygen atoms in total. The smallest absolute Gasteiger partial charge is 0.141 e. The largest absolute Gasteiger partial charge is 0.495 e. The Morgan fingerprint density at radius 1 is 1.38 bits per heavy atom. The van der Waals surface area contributed by atoms with Crippen LogP contribution in [-0.2, 0) is 0 Å². The number of para-hydroxylation sites is 2. The molecule has 1 aromatic carbocycles. The normalized spacial score (nSPS) is 20.4. The number of ether oxygens (including phenoxy) is 1. The standard InChI is InChI=1S/C13H20N2O/c1-16-13-8-3-2-7-12(13)15-10-11-6-4-5-9-14-11/h2-3,7-8,11,14-15H,4-6,9-10H2,1H3. The number of methoxy groups -OCH3 is 1. The summed E-state index contributed by atoms with van der Waals surface area (Å²) in [6, 6.07) is 8.65. The highest BCUT2D eigenvalue weighted by atomic mass is 16.5. The molecule has 1 atom stereocenters. The van der Waals surface area contributed by atoms with Crippen LogP contribution in [0.2, 0.25) is 0 Å². The average Bonchev–Trinajstić information content (AvgIpc) is 2.38. The van der Waals surface area contributed by atoms with Gasteiger partial charge in [0, 0.05) is 12.6 Å². The fourth-order valence-electron chi connectivity index (χ4n) is 2.12. The lowest BCUT2D eigenvalue weighted by atomic mass is 10.1. The molecule has 0 amide bonds. The van der Waals surface area contributed by atoms with Crippen LogP contribution in [0.15, 0.2) is 24.3 Å². The third-order valence-electron chi connectivity index (χ3n) is 3.06. The fraction of sp³-hybridized carbons (Fsp3) is 0.538. The maximum absolute atomic E-state index is 5.30. The van der Waals surface area contributed by atoms with E-state index in [0.717, 1.165) is 24.5 Å². The zero-order valence-corrected chi connectivity index (χ0v) is 9.83. The van der Waals surface area contributed by atoms with Gasteiger partial charge < -0.3 is 15.4 Å². The van der Waals surface area contributed by atoms with E-state index >= 15 is 0 Å². The van der Waals surface area contributed by atoms with E-state index in [-0.39, 0.29) is 0 Å². The summed E-state index contributed by atoms with van der Waals surface area (Å²) in [6.45, 7) is 2.12. The van der Waals surface area contributed by atoms with Gasteiger partial charge in [0.2, 0.25) is 0 Å². The van der Waals surface area contributed by atoms with Crippen molar-refractivity contribution in [3.05, 3.63) is 24.3 Å². The molecular formula is C13H20N2O. The maximum Gasteiger partial charge on any atom is 0.141 e. The Balaban J connectivity index is 1.88. The molecule has 0 spiro atoms. The van der Waals surface area contributed by atoms with E-state index in [9.17, 15) is 0 Å². The molecule has 0 radical (unpaired) electrons. The average molecular weight is 220 g/mol. The molecule has 1 fully saturated rings. The second kappa shape index (κ2) is 5.75. The Morgan fingerprint density at radius 3 is 3.00 bits per heavy atom. The van der Waals surface area contributed by atoms with Gasteiger partial charge in [-0.15, -0.1) is 0 Å². The van der Waals surface area contributed by atoms with E-state index in [1.54, 1.807) is 7.11 Å². The van der Waals surface area contributed by atoms with Crippen molar-refractivity contribution in [2.75, 3.05) is 25.5 Å². The minimum absolute atomic E-state index is 0.596. The monoisotopic (exact) mass is 220 g/mol. The van der Waals surface area contributed by atoms with Crippen molar-refractivity contribution in [1.29, 1.82) is 0 Å². The summed E-state index contributed by atoms with van der Waals surface area (Å²) in [5.41, 5.74) is 1.08. The van der Waals surface area contributed by atoms with Gasteiger partial charge in [-0.2, -0.15) is 0 Å². The summed E-state index contributed by atoms with van der Waals surface area (Å²) < 4.78 is 5.30. The molecule has 1 aliphatic heterocycles. The van der Waals surface area contributed by atoms with E-state index in [2.05, 4.69) is 16.7 Å². The lowest BCUT2D eigenvalue weighted by Crippen LogP contribution is -2.39. The molecule has 0 bridgehead atoms. The lowest BCUT2D eigenvalue weighted by molar-refractivity contribution is 0.408. The van der Waals surface area contributed by atoms with Crippen molar-refractivity contribution in [2.45, 2.75) is 25.3 Å². The van der Waals surface area contributed by atoms with Crippen LogP contribution >= 0.6 is 0 Å². The van der Waals surface area contributed by atoms with Crippen molar-refractivity contribution in [3.63, 3.8) is 0 Å². The van der Waals surface area contributed by atoms with Crippen LogP contribution in [0.4, 0.5) is 5.69 Å². The van der Waals surface area contributed by atoms with Gasteiger partial charge in [0.25, 0.3) is 0 Å². The number of anilines is 1. The minimum atomic E-state index is 0.596. The summed E-state index contributed by atoms with van der Waals surface area (Å²) in [6.07, 6.45) is 3.92. The number of nitrogens with one attached hydrogen (secondary N) is 2. The Bertz CT molecular complexity index is 321. The van der Waals surface area contributed by atoms with Crippen LogP contribution in [-0.4, -0.2) is 26.2 Å². The quantitative estimate of drug-likeness (QED) is 0.816. The molecule has 88 valence electrons. The maximum atomic E-state index is 5.30. The Hall–Kier alpha value is -1.22. The third kappa shape index (κ3) is 2.89. The van der Waals surface area contributed by atoms with Gasteiger partial charge in [-0.05, 0) is 31.5 Å². The van der Waals surface area contributed by atoms with Gasteiger partial charge in [0.05, 0.1) is 12.8 Å². The molecule has 1 heterocycles. The zero-order chi connectivity index (χ0) is 11.2. The molecule has 1 aliphatic rings.